The third-order valence-corrected chi connectivity index (χ3v) is 4.53. The molecular formula is C20H23NO3S. The van der Waals surface area contributed by atoms with Crippen LogP contribution in [0, 0.1) is 5.92 Å². The van der Waals surface area contributed by atoms with Crippen LogP contribution in [0.25, 0.3) is 0 Å². The molecule has 0 spiro atoms. The zero-order valence-electron chi connectivity index (χ0n) is 14.1. The molecule has 5 heteroatoms. The lowest BCUT2D eigenvalue weighted by Gasteiger charge is -2.23. The van der Waals surface area contributed by atoms with Crippen molar-refractivity contribution < 1.29 is 14.7 Å². The molecule has 2 N–H and O–H groups in total. The third kappa shape index (κ3) is 5.64. The maximum atomic E-state index is 12.7. The van der Waals surface area contributed by atoms with Gasteiger partial charge in [-0.25, -0.2) is 4.79 Å². The third-order valence-electron chi connectivity index (χ3n) is 4.17. The highest BCUT2D eigenvalue weighted by molar-refractivity contribution is 7.81. The molecule has 0 fully saturated rings. The second kappa shape index (κ2) is 9.28. The van der Waals surface area contributed by atoms with Gasteiger partial charge in [-0.15, -0.1) is 0 Å². The van der Waals surface area contributed by atoms with Gasteiger partial charge in [0.2, 0.25) is 5.91 Å². The number of aliphatic carboxylic acids is 1. The first-order valence-electron chi connectivity index (χ1n) is 8.29. The highest BCUT2D eigenvalue weighted by Crippen LogP contribution is 2.20. The largest absolute Gasteiger partial charge is 0.479 e. The number of carboxylic acid groups (broad SMARTS) is 1. The van der Waals surface area contributed by atoms with Crippen LogP contribution in [0.5, 0.6) is 0 Å². The van der Waals surface area contributed by atoms with E-state index in [0.29, 0.717) is 12.0 Å². The average molecular weight is 357 g/mol. The Bertz CT molecular complexity index is 689. The van der Waals surface area contributed by atoms with E-state index in [9.17, 15) is 14.7 Å². The SMILES string of the molecule is CC(S)C(CCc1ccccc1)C(=O)N[C@@H](C(=O)O)c1ccccc1. The van der Waals surface area contributed by atoms with Crippen LogP contribution in [0.15, 0.2) is 60.7 Å². The number of hydrogen-bond acceptors (Lipinski definition) is 3. The highest BCUT2D eigenvalue weighted by atomic mass is 32.1. The summed E-state index contributed by atoms with van der Waals surface area (Å²) in [5.74, 6) is -1.73. The zero-order valence-corrected chi connectivity index (χ0v) is 15.0. The summed E-state index contributed by atoms with van der Waals surface area (Å²) in [5, 5.41) is 12.0. The number of benzene rings is 2. The number of amides is 1. The van der Waals surface area contributed by atoms with Crippen molar-refractivity contribution in [1.29, 1.82) is 0 Å². The normalized spacial score (nSPS) is 14.3. The summed E-state index contributed by atoms with van der Waals surface area (Å²) >= 11 is 4.43. The Kier molecular flexibility index (Phi) is 7.07. The summed E-state index contributed by atoms with van der Waals surface area (Å²) < 4.78 is 0. The smallest absolute Gasteiger partial charge is 0.330 e. The predicted octanol–water partition coefficient (Wildman–Crippen LogP) is 3.50. The summed E-state index contributed by atoms with van der Waals surface area (Å²) in [6.45, 7) is 1.86. The highest BCUT2D eigenvalue weighted by Gasteiger charge is 2.28. The quantitative estimate of drug-likeness (QED) is 0.634. The molecule has 0 aliphatic heterocycles. The number of carbonyl (C=O) groups is 2. The Balaban J connectivity index is 2.07. The van der Waals surface area contributed by atoms with Crippen LogP contribution >= 0.6 is 12.6 Å². The lowest BCUT2D eigenvalue weighted by Crippen LogP contribution is -2.40. The second-order valence-electron chi connectivity index (χ2n) is 6.06. The molecule has 25 heavy (non-hydrogen) atoms. The summed E-state index contributed by atoms with van der Waals surface area (Å²) in [5.41, 5.74) is 1.70. The first kappa shape index (κ1) is 19.1. The summed E-state index contributed by atoms with van der Waals surface area (Å²) in [6, 6.07) is 17.6. The number of carboxylic acids is 1. The van der Waals surface area contributed by atoms with Crippen molar-refractivity contribution in [3.63, 3.8) is 0 Å². The summed E-state index contributed by atoms with van der Waals surface area (Å²) in [6.07, 6.45) is 1.36. The van der Waals surface area contributed by atoms with Gasteiger partial charge < -0.3 is 10.4 Å². The number of carbonyl (C=O) groups excluding carboxylic acids is 1. The fraction of sp³-hybridized carbons (Fsp3) is 0.300. The van der Waals surface area contributed by atoms with Crippen LogP contribution in [0.1, 0.15) is 30.5 Å². The van der Waals surface area contributed by atoms with Gasteiger partial charge in [-0.3, -0.25) is 4.79 Å². The van der Waals surface area contributed by atoms with Crippen LogP contribution in [0.4, 0.5) is 0 Å². The minimum absolute atomic E-state index is 0.172. The Labute approximate surface area is 153 Å². The van der Waals surface area contributed by atoms with Crippen molar-refractivity contribution in [2.75, 3.05) is 0 Å². The van der Waals surface area contributed by atoms with Crippen LogP contribution in [-0.2, 0) is 16.0 Å². The zero-order chi connectivity index (χ0) is 18.2. The maximum Gasteiger partial charge on any atom is 0.330 e. The van der Waals surface area contributed by atoms with E-state index in [-0.39, 0.29) is 17.1 Å². The van der Waals surface area contributed by atoms with E-state index in [2.05, 4.69) is 17.9 Å². The molecule has 0 aromatic heterocycles. The molecule has 0 saturated heterocycles. The topological polar surface area (TPSA) is 66.4 Å². The molecule has 3 atom stereocenters. The number of aryl methyl sites for hydroxylation is 1. The fourth-order valence-electron chi connectivity index (χ4n) is 2.74. The molecule has 0 radical (unpaired) electrons. The van der Waals surface area contributed by atoms with Crippen molar-refractivity contribution in [3.05, 3.63) is 71.8 Å². The first-order chi connectivity index (χ1) is 12.0. The van der Waals surface area contributed by atoms with Gasteiger partial charge in [0.1, 0.15) is 0 Å². The second-order valence-corrected chi connectivity index (χ2v) is 6.88. The average Bonchev–Trinajstić information content (AvgIpc) is 2.61. The molecule has 0 bridgehead atoms. The maximum absolute atomic E-state index is 12.7. The number of hydrogen-bond donors (Lipinski definition) is 3. The van der Waals surface area contributed by atoms with Gasteiger partial charge in [0.05, 0.1) is 0 Å². The molecule has 132 valence electrons. The van der Waals surface area contributed by atoms with Crippen LogP contribution in [0.2, 0.25) is 0 Å². The summed E-state index contributed by atoms with van der Waals surface area (Å²) in [7, 11) is 0. The van der Waals surface area contributed by atoms with Gasteiger partial charge >= 0.3 is 5.97 Å². The molecule has 0 aliphatic carbocycles. The Hall–Kier alpha value is -2.27. The minimum atomic E-state index is -1.08. The predicted molar refractivity (Wildman–Crippen MR) is 102 cm³/mol. The molecular weight excluding hydrogens is 334 g/mol. The van der Waals surface area contributed by atoms with E-state index in [1.54, 1.807) is 24.3 Å². The molecule has 0 aliphatic rings. The van der Waals surface area contributed by atoms with Gasteiger partial charge in [0, 0.05) is 11.2 Å². The van der Waals surface area contributed by atoms with Crippen molar-refractivity contribution in [2.24, 2.45) is 5.92 Å². The molecule has 4 nitrogen and oxygen atoms in total. The fourth-order valence-corrected chi connectivity index (χ4v) is 3.03. The number of nitrogens with one attached hydrogen (secondary N) is 1. The number of rotatable bonds is 8. The van der Waals surface area contributed by atoms with Crippen molar-refractivity contribution in [2.45, 2.75) is 31.1 Å². The van der Waals surface area contributed by atoms with E-state index >= 15 is 0 Å². The van der Waals surface area contributed by atoms with E-state index in [0.717, 1.165) is 12.0 Å². The van der Waals surface area contributed by atoms with Gasteiger partial charge in [-0.1, -0.05) is 67.6 Å². The first-order valence-corrected chi connectivity index (χ1v) is 8.81. The van der Waals surface area contributed by atoms with Crippen LogP contribution in [-0.4, -0.2) is 22.2 Å². The standard InChI is InChI=1S/C20H23NO3S/c1-14(25)17(13-12-15-8-4-2-5-9-15)19(22)21-18(20(23)24)16-10-6-3-7-11-16/h2-11,14,17-18,25H,12-13H2,1H3,(H,21,22)(H,23,24)/t14?,17?,18-/m1/s1. The van der Waals surface area contributed by atoms with Gasteiger partial charge in [0.15, 0.2) is 6.04 Å². The minimum Gasteiger partial charge on any atom is -0.479 e. The molecule has 1 amide bonds. The monoisotopic (exact) mass is 357 g/mol. The van der Waals surface area contributed by atoms with E-state index < -0.39 is 12.0 Å². The van der Waals surface area contributed by atoms with Crippen molar-refractivity contribution in [1.82, 2.24) is 5.32 Å². The molecule has 0 saturated carbocycles. The van der Waals surface area contributed by atoms with E-state index in [1.807, 2.05) is 43.3 Å². The van der Waals surface area contributed by atoms with E-state index in [1.165, 1.54) is 0 Å². The molecule has 2 rings (SSSR count). The van der Waals surface area contributed by atoms with Gasteiger partial charge in [-0.2, -0.15) is 12.6 Å². The Morgan fingerprint density at radius 1 is 1.04 bits per heavy atom. The van der Waals surface area contributed by atoms with Gasteiger partial charge in [-0.05, 0) is 24.0 Å². The lowest BCUT2D eigenvalue weighted by atomic mass is 9.95. The van der Waals surface area contributed by atoms with Gasteiger partial charge in [0.25, 0.3) is 0 Å². The number of thiol groups is 1. The molecule has 2 aromatic rings. The molecule has 2 aromatic carbocycles. The molecule has 0 heterocycles. The summed E-state index contributed by atoms with van der Waals surface area (Å²) in [4.78, 5) is 24.2. The van der Waals surface area contributed by atoms with Crippen molar-refractivity contribution >= 4 is 24.5 Å². The Morgan fingerprint density at radius 2 is 1.60 bits per heavy atom. The Morgan fingerprint density at radius 3 is 2.12 bits per heavy atom. The molecule has 2 unspecified atom stereocenters. The van der Waals surface area contributed by atoms with Crippen LogP contribution < -0.4 is 5.32 Å². The van der Waals surface area contributed by atoms with Crippen molar-refractivity contribution in [3.8, 4) is 0 Å². The lowest BCUT2D eigenvalue weighted by molar-refractivity contribution is -0.142. The van der Waals surface area contributed by atoms with Crippen LogP contribution in [0.3, 0.4) is 0 Å². The van der Waals surface area contributed by atoms with E-state index in [4.69, 9.17) is 0 Å².